The lowest BCUT2D eigenvalue weighted by Gasteiger charge is -2.08. The van der Waals surface area contributed by atoms with Gasteiger partial charge in [-0.1, -0.05) is 26.0 Å². The monoisotopic (exact) mass is 257 g/mol. The molecule has 0 aliphatic heterocycles. The van der Waals surface area contributed by atoms with Gasteiger partial charge in [0, 0.05) is 0 Å². The second-order valence-corrected chi connectivity index (χ2v) is 4.61. The third-order valence-corrected chi connectivity index (χ3v) is 3.18. The van der Waals surface area contributed by atoms with E-state index in [9.17, 15) is 13.2 Å². The Labute approximate surface area is 103 Å². The van der Waals surface area contributed by atoms with Crippen molar-refractivity contribution in [2.45, 2.75) is 33.0 Å². The number of imidazole rings is 1. The van der Waals surface area contributed by atoms with Crippen LogP contribution in [-0.4, -0.2) is 4.98 Å². The number of aromatic amines is 1. The van der Waals surface area contributed by atoms with E-state index in [1.165, 1.54) is 4.57 Å². The fourth-order valence-corrected chi connectivity index (χ4v) is 1.98. The highest BCUT2D eigenvalue weighted by Gasteiger charge is 2.44. The zero-order valence-corrected chi connectivity index (χ0v) is 10.4. The van der Waals surface area contributed by atoms with Crippen molar-refractivity contribution in [3.8, 4) is 0 Å². The van der Waals surface area contributed by atoms with E-state index in [0.29, 0.717) is 17.6 Å². The predicted molar refractivity (Wildman–Crippen MR) is 63.0 cm³/mol. The third kappa shape index (κ3) is 2.35. The van der Waals surface area contributed by atoms with Gasteiger partial charge in [0.2, 0.25) is 0 Å². The van der Waals surface area contributed by atoms with Gasteiger partial charge in [0.05, 0.1) is 6.54 Å². The lowest BCUT2D eigenvalue weighted by atomic mass is 10.1. The van der Waals surface area contributed by atoms with Gasteiger partial charge in [0.15, 0.2) is 11.0 Å². The summed E-state index contributed by atoms with van der Waals surface area (Å²) in [4.78, 5) is 2.47. The van der Waals surface area contributed by atoms with Crippen molar-refractivity contribution >= 4 is 11.0 Å². The Hall–Kier alpha value is -1.52. The Morgan fingerprint density at radius 2 is 1.94 bits per heavy atom. The average molecular weight is 257 g/mol. The molecule has 0 aliphatic carbocycles. The highest BCUT2D eigenvalue weighted by Crippen LogP contribution is 2.27. The standard InChI is InChI=1S/C13H15F3N2/c1-3-9(2)8-18-11-7-5-4-6-10(11)17-12(18)13(14,15)16/h4-7,9H,3,8H2,1-2H3/p+1. The van der Waals surface area contributed by atoms with Crippen LogP contribution in [0.2, 0.25) is 0 Å². The molecule has 5 heteroatoms. The molecule has 0 fully saturated rings. The second-order valence-electron chi connectivity index (χ2n) is 4.61. The van der Waals surface area contributed by atoms with Crippen molar-refractivity contribution in [1.82, 2.24) is 4.98 Å². The summed E-state index contributed by atoms with van der Waals surface area (Å²) in [5.74, 6) is -0.473. The van der Waals surface area contributed by atoms with E-state index < -0.39 is 12.0 Å². The molecule has 1 N–H and O–H groups in total. The molecule has 0 spiro atoms. The van der Waals surface area contributed by atoms with Crippen molar-refractivity contribution < 1.29 is 17.7 Å². The zero-order chi connectivity index (χ0) is 13.3. The summed E-state index contributed by atoms with van der Waals surface area (Å²) in [5.41, 5.74) is 1.12. The summed E-state index contributed by atoms with van der Waals surface area (Å²) in [6.07, 6.45) is -3.50. The van der Waals surface area contributed by atoms with E-state index in [0.717, 1.165) is 6.42 Å². The first-order valence-electron chi connectivity index (χ1n) is 6.01. The number of hydrogen-bond donors (Lipinski definition) is 1. The maximum atomic E-state index is 13.0. The number of alkyl halides is 3. The largest absolute Gasteiger partial charge is 0.494 e. The van der Waals surface area contributed by atoms with Crippen LogP contribution < -0.4 is 4.57 Å². The maximum Gasteiger partial charge on any atom is 0.494 e. The minimum Gasteiger partial charge on any atom is -0.233 e. The molecule has 0 radical (unpaired) electrons. The van der Waals surface area contributed by atoms with Gasteiger partial charge in [-0.05, 0) is 24.5 Å². The molecule has 1 aromatic heterocycles. The van der Waals surface area contributed by atoms with Gasteiger partial charge in [0.1, 0.15) is 0 Å². The molecular formula is C13H16F3N2+. The van der Waals surface area contributed by atoms with Crippen molar-refractivity contribution in [3.63, 3.8) is 0 Å². The smallest absolute Gasteiger partial charge is 0.233 e. The lowest BCUT2D eigenvalue weighted by Crippen LogP contribution is -2.43. The van der Waals surface area contributed by atoms with Gasteiger partial charge in [-0.15, -0.1) is 0 Å². The Morgan fingerprint density at radius 1 is 1.28 bits per heavy atom. The third-order valence-electron chi connectivity index (χ3n) is 3.18. The number of benzene rings is 1. The van der Waals surface area contributed by atoms with Crippen LogP contribution in [0, 0.1) is 5.92 Å². The zero-order valence-electron chi connectivity index (χ0n) is 10.4. The second kappa shape index (κ2) is 4.63. The van der Waals surface area contributed by atoms with E-state index in [2.05, 4.69) is 4.98 Å². The first kappa shape index (κ1) is 12.9. The Morgan fingerprint density at radius 3 is 2.56 bits per heavy atom. The van der Waals surface area contributed by atoms with Crippen molar-refractivity contribution in [2.24, 2.45) is 5.92 Å². The molecule has 18 heavy (non-hydrogen) atoms. The van der Waals surface area contributed by atoms with Crippen molar-refractivity contribution in [2.75, 3.05) is 0 Å². The molecule has 1 atom stereocenters. The number of fused-ring (bicyclic) bond motifs is 1. The molecule has 98 valence electrons. The van der Waals surface area contributed by atoms with E-state index in [1.54, 1.807) is 24.3 Å². The average Bonchev–Trinajstić information content (AvgIpc) is 2.68. The number of nitrogens with one attached hydrogen (secondary N) is 1. The number of nitrogens with zero attached hydrogens (tertiary/aromatic N) is 1. The van der Waals surface area contributed by atoms with E-state index in [-0.39, 0.29) is 5.92 Å². The maximum absolute atomic E-state index is 13.0. The molecule has 0 bridgehead atoms. The fraction of sp³-hybridized carbons (Fsp3) is 0.462. The van der Waals surface area contributed by atoms with E-state index in [1.807, 2.05) is 13.8 Å². The van der Waals surface area contributed by atoms with Gasteiger partial charge in [-0.25, -0.2) is 9.55 Å². The summed E-state index contributed by atoms with van der Waals surface area (Å²) in [6, 6.07) is 6.86. The quantitative estimate of drug-likeness (QED) is 0.812. The van der Waals surface area contributed by atoms with Crippen LogP contribution in [0.15, 0.2) is 24.3 Å². The molecule has 0 amide bonds. The number of para-hydroxylation sites is 2. The molecule has 1 aromatic carbocycles. The number of hydrogen-bond acceptors (Lipinski definition) is 0. The molecule has 2 nitrogen and oxygen atoms in total. The fourth-order valence-electron chi connectivity index (χ4n) is 1.98. The summed E-state index contributed by atoms with van der Waals surface area (Å²) < 4.78 is 40.3. The number of rotatable bonds is 3. The number of H-pyrrole nitrogens is 1. The Kier molecular flexibility index (Phi) is 3.32. The lowest BCUT2D eigenvalue weighted by molar-refractivity contribution is -0.696. The summed E-state index contributed by atoms with van der Waals surface area (Å²) in [6.45, 7) is 4.30. The van der Waals surface area contributed by atoms with Crippen LogP contribution in [0.25, 0.3) is 11.0 Å². The molecule has 2 rings (SSSR count). The van der Waals surface area contributed by atoms with Crippen molar-refractivity contribution in [3.05, 3.63) is 30.1 Å². The molecule has 0 saturated carbocycles. The van der Waals surface area contributed by atoms with Gasteiger partial charge < -0.3 is 0 Å². The van der Waals surface area contributed by atoms with Gasteiger partial charge in [-0.2, -0.15) is 13.2 Å². The normalized spacial score (nSPS) is 14.1. The number of halogens is 3. The van der Waals surface area contributed by atoms with Crippen LogP contribution in [-0.2, 0) is 12.7 Å². The number of aromatic nitrogens is 2. The van der Waals surface area contributed by atoms with Crippen molar-refractivity contribution in [1.29, 1.82) is 0 Å². The Balaban J connectivity index is 2.58. The van der Waals surface area contributed by atoms with Gasteiger partial charge in [0.25, 0.3) is 0 Å². The first-order chi connectivity index (χ1) is 8.43. The molecule has 0 saturated heterocycles. The van der Waals surface area contributed by atoms with Gasteiger partial charge >= 0.3 is 12.0 Å². The van der Waals surface area contributed by atoms with Crippen LogP contribution in [0.3, 0.4) is 0 Å². The molecule has 0 aliphatic rings. The van der Waals surface area contributed by atoms with Gasteiger partial charge in [-0.3, -0.25) is 0 Å². The van der Waals surface area contributed by atoms with Crippen LogP contribution in [0.4, 0.5) is 13.2 Å². The minimum atomic E-state index is -4.35. The molecule has 1 unspecified atom stereocenters. The minimum absolute atomic E-state index is 0.204. The SMILES string of the molecule is CCC(C)C[n+]1c(C(F)(F)F)[nH]c2ccccc21. The molecule has 2 aromatic rings. The first-order valence-corrected chi connectivity index (χ1v) is 6.01. The van der Waals surface area contributed by atoms with Crippen LogP contribution in [0.5, 0.6) is 0 Å². The van der Waals surface area contributed by atoms with Crippen LogP contribution >= 0.6 is 0 Å². The van der Waals surface area contributed by atoms with E-state index >= 15 is 0 Å². The predicted octanol–water partition coefficient (Wildman–Crippen LogP) is 3.52. The Bertz CT molecular complexity index is 543. The van der Waals surface area contributed by atoms with E-state index in [4.69, 9.17) is 0 Å². The summed E-state index contributed by atoms with van der Waals surface area (Å²) in [5, 5.41) is 0. The summed E-state index contributed by atoms with van der Waals surface area (Å²) in [7, 11) is 0. The topological polar surface area (TPSA) is 19.7 Å². The highest BCUT2D eigenvalue weighted by atomic mass is 19.4. The van der Waals surface area contributed by atoms with Crippen LogP contribution in [0.1, 0.15) is 26.1 Å². The molecular weight excluding hydrogens is 241 g/mol. The summed E-state index contributed by atoms with van der Waals surface area (Å²) >= 11 is 0. The highest BCUT2D eigenvalue weighted by molar-refractivity contribution is 5.71. The molecule has 1 heterocycles.